The molecule has 17 heavy (non-hydrogen) atoms. The number of anilines is 1. The van der Waals surface area contributed by atoms with Gasteiger partial charge in [0.25, 0.3) is 0 Å². The maximum atomic E-state index is 5.70. The largest absolute Gasteiger partial charge is 0.354 e. The summed E-state index contributed by atoms with van der Waals surface area (Å²) in [6.07, 6.45) is 0. The lowest BCUT2D eigenvalue weighted by Crippen LogP contribution is -2.31. The Morgan fingerprint density at radius 1 is 1.35 bits per heavy atom. The van der Waals surface area contributed by atoms with Crippen LogP contribution in [0.4, 0.5) is 5.95 Å². The second-order valence-electron chi connectivity index (χ2n) is 5.63. The predicted molar refractivity (Wildman–Crippen MR) is 72.2 cm³/mol. The summed E-state index contributed by atoms with van der Waals surface area (Å²) < 4.78 is 0. The molecule has 0 amide bonds. The number of nitrogens with two attached hydrogens (primary N) is 1. The number of hydrogen-bond acceptors (Lipinski definition) is 4. The zero-order valence-electron chi connectivity index (χ0n) is 11.5. The van der Waals surface area contributed by atoms with Gasteiger partial charge in [-0.05, 0) is 30.9 Å². The average molecular weight is 236 g/mol. The van der Waals surface area contributed by atoms with Gasteiger partial charge in [-0.15, -0.1) is 0 Å². The van der Waals surface area contributed by atoms with Crippen LogP contribution in [-0.2, 0) is 0 Å². The maximum absolute atomic E-state index is 5.70. The summed E-state index contributed by atoms with van der Waals surface area (Å²) >= 11 is 0. The first-order chi connectivity index (χ1) is 7.84. The third kappa shape index (κ3) is 4.30. The van der Waals surface area contributed by atoms with Gasteiger partial charge in [-0.3, -0.25) is 0 Å². The van der Waals surface area contributed by atoms with Gasteiger partial charge in [0, 0.05) is 17.9 Å². The molecule has 0 saturated carbocycles. The Kier molecular flexibility index (Phi) is 4.46. The summed E-state index contributed by atoms with van der Waals surface area (Å²) in [4.78, 5) is 8.90. The van der Waals surface area contributed by atoms with Crippen molar-refractivity contribution in [1.82, 2.24) is 9.97 Å². The minimum absolute atomic E-state index is 0.0606. The SMILES string of the molecule is Cc1cc(C(C)C)nc(NCC(C)(C)CN)n1. The van der Waals surface area contributed by atoms with Crippen molar-refractivity contribution in [2.24, 2.45) is 11.1 Å². The van der Waals surface area contributed by atoms with Crippen LogP contribution >= 0.6 is 0 Å². The molecule has 4 heteroatoms. The van der Waals surface area contributed by atoms with E-state index >= 15 is 0 Å². The van der Waals surface area contributed by atoms with Gasteiger partial charge in [-0.1, -0.05) is 27.7 Å². The molecule has 0 spiro atoms. The first kappa shape index (κ1) is 13.9. The van der Waals surface area contributed by atoms with Gasteiger partial charge in [0.2, 0.25) is 5.95 Å². The van der Waals surface area contributed by atoms with Crippen LogP contribution in [0.25, 0.3) is 0 Å². The van der Waals surface area contributed by atoms with Crippen molar-refractivity contribution in [3.05, 3.63) is 17.5 Å². The van der Waals surface area contributed by atoms with Crippen molar-refractivity contribution in [2.45, 2.75) is 40.5 Å². The lowest BCUT2D eigenvalue weighted by Gasteiger charge is -2.22. The molecule has 0 bridgehead atoms. The molecule has 0 unspecified atom stereocenters. The molecular weight excluding hydrogens is 212 g/mol. The van der Waals surface area contributed by atoms with Crippen LogP contribution in [-0.4, -0.2) is 23.1 Å². The van der Waals surface area contributed by atoms with Crippen molar-refractivity contribution < 1.29 is 0 Å². The van der Waals surface area contributed by atoms with E-state index in [1.165, 1.54) is 0 Å². The molecule has 4 nitrogen and oxygen atoms in total. The van der Waals surface area contributed by atoms with Crippen molar-refractivity contribution in [3.63, 3.8) is 0 Å². The fourth-order valence-corrected chi connectivity index (χ4v) is 1.36. The minimum atomic E-state index is 0.0606. The number of nitrogens with one attached hydrogen (secondary N) is 1. The lowest BCUT2D eigenvalue weighted by atomic mass is 9.94. The highest BCUT2D eigenvalue weighted by Gasteiger charge is 2.16. The molecule has 0 fully saturated rings. The van der Waals surface area contributed by atoms with Crippen LogP contribution < -0.4 is 11.1 Å². The summed E-state index contributed by atoms with van der Waals surface area (Å²) in [5, 5.41) is 3.27. The monoisotopic (exact) mass is 236 g/mol. The molecule has 0 saturated heterocycles. The first-order valence-electron chi connectivity index (χ1n) is 6.13. The second kappa shape index (κ2) is 5.45. The van der Waals surface area contributed by atoms with Gasteiger partial charge >= 0.3 is 0 Å². The summed E-state index contributed by atoms with van der Waals surface area (Å²) in [5.41, 5.74) is 7.83. The zero-order chi connectivity index (χ0) is 13.1. The van der Waals surface area contributed by atoms with Crippen molar-refractivity contribution in [2.75, 3.05) is 18.4 Å². The van der Waals surface area contributed by atoms with E-state index in [4.69, 9.17) is 5.73 Å². The molecule has 1 aromatic rings. The van der Waals surface area contributed by atoms with Gasteiger partial charge in [0.1, 0.15) is 0 Å². The van der Waals surface area contributed by atoms with E-state index in [0.717, 1.165) is 17.9 Å². The van der Waals surface area contributed by atoms with Crippen LogP contribution in [0.2, 0.25) is 0 Å². The Bertz CT molecular complexity index is 372. The summed E-state index contributed by atoms with van der Waals surface area (Å²) in [5.74, 6) is 1.12. The lowest BCUT2D eigenvalue weighted by molar-refractivity contribution is 0.404. The fourth-order valence-electron chi connectivity index (χ4n) is 1.36. The standard InChI is InChI=1S/C13H24N4/c1-9(2)11-6-10(3)16-12(17-11)15-8-13(4,5)7-14/h6,9H,7-8,14H2,1-5H3,(H,15,16,17). The van der Waals surface area contributed by atoms with Gasteiger partial charge < -0.3 is 11.1 Å². The number of aryl methyl sites for hydroxylation is 1. The molecule has 1 rings (SSSR count). The van der Waals surface area contributed by atoms with Gasteiger partial charge in [-0.2, -0.15) is 0 Å². The number of hydrogen-bond donors (Lipinski definition) is 2. The number of nitrogens with zero attached hydrogens (tertiary/aromatic N) is 2. The Morgan fingerprint density at radius 2 is 2.00 bits per heavy atom. The van der Waals surface area contributed by atoms with Gasteiger partial charge in [-0.25, -0.2) is 9.97 Å². The highest BCUT2D eigenvalue weighted by Crippen LogP contribution is 2.16. The fraction of sp³-hybridized carbons (Fsp3) is 0.692. The topological polar surface area (TPSA) is 63.8 Å². The Labute approximate surface area is 104 Å². The van der Waals surface area contributed by atoms with E-state index in [9.17, 15) is 0 Å². The van der Waals surface area contributed by atoms with Crippen molar-refractivity contribution in [1.29, 1.82) is 0 Å². The van der Waals surface area contributed by atoms with E-state index in [-0.39, 0.29) is 5.41 Å². The predicted octanol–water partition coefficient (Wildman–Crippen LogP) is 2.31. The highest BCUT2D eigenvalue weighted by molar-refractivity contribution is 5.29. The number of rotatable bonds is 5. The van der Waals surface area contributed by atoms with Gasteiger partial charge in [0.05, 0.1) is 0 Å². The van der Waals surface area contributed by atoms with E-state index in [0.29, 0.717) is 18.4 Å². The third-order valence-electron chi connectivity index (χ3n) is 2.74. The van der Waals surface area contributed by atoms with Crippen molar-refractivity contribution in [3.8, 4) is 0 Å². The maximum Gasteiger partial charge on any atom is 0.223 e. The Morgan fingerprint density at radius 3 is 2.53 bits per heavy atom. The first-order valence-corrected chi connectivity index (χ1v) is 6.13. The second-order valence-corrected chi connectivity index (χ2v) is 5.63. The normalized spacial score (nSPS) is 11.9. The molecule has 96 valence electrons. The van der Waals surface area contributed by atoms with Crippen LogP contribution in [0.5, 0.6) is 0 Å². The smallest absolute Gasteiger partial charge is 0.223 e. The van der Waals surface area contributed by atoms with Crippen LogP contribution in [0.15, 0.2) is 6.07 Å². The molecule has 1 heterocycles. The quantitative estimate of drug-likeness (QED) is 0.823. The summed E-state index contributed by atoms with van der Waals surface area (Å²) in [6.45, 7) is 11.9. The molecule has 0 atom stereocenters. The molecule has 0 aliphatic heterocycles. The molecule has 0 aliphatic carbocycles. The molecule has 1 aromatic heterocycles. The van der Waals surface area contributed by atoms with E-state index in [2.05, 4.69) is 43.0 Å². The van der Waals surface area contributed by atoms with Crippen molar-refractivity contribution >= 4 is 5.95 Å². The summed E-state index contributed by atoms with van der Waals surface area (Å²) in [6, 6.07) is 2.03. The molecule has 3 N–H and O–H groups in total. The average Bonchev–Trinajstić information content (AvgIpc) is 2.26. The number of aromatic nitrogens is 2. The van der Waals surface area contributed by atoms with Gasteiger partial charge in [0.15, 0.2) is 0 Å². The molecule has 0 aromatic carbocycles. The van der Waals surface area contributed by atoms with E-state index in [1.54, 1.807) is 0 Å². The van der Waals surface area contributed by atoms with Crippen LogP contribution in [0.1, 0.15) is 45.0 Å². The Hall–Kier alpha value is -1.16. The molecule has 0 aliphatic rings. The zero-order valence-corrected chi connectivity index (χ0v) is 11.5. The highest BCUT2D eigenvalue weighted by atomic mass is 15.1. The van der Waals surface area contributed by atoms with Crippen LogP contribution in [0, 0.1) is 12.3 Å². The third-order valence-corrected chi connectivity index (χ3v) is 2.74. The molecule has 0 radical (unpaired) electrons. The van der Waals surface area contributed by atoms with Crippen LogP contribution in [0.3, 0.4) is 0 Å². The van der Waals surface area contributed by atoms with E-state index in [1.807, 2.05) is 13.0 Å². The minimum Gasteiger partial charge on any atom is -0.354 e. The molecular formula is C13H24N4. The Balaban J connectivity index is 2.78. The van der Waals surface area contributed by atoms with E-state index < -0.39 is 0 Å². The summed E-state index contributed by atoms with van der Waals surface area (Å²) in [7, 11) is 0.